The summed E-state index contributed by atoms with van der Waals surface area (Å²) in [7, 11) is 0. The van der Waals surface area contributed by atoms with E-state index in [1.807, 2.05) is 25.1 Å². The Balaban J connectivity index is 0.00000363. The zero-order valence-corrected chi connectivity index (χ0v) is 20.7. The van der Waals surface area contributed by atoms with Gasteiger partial charge in [-0.25, -0.2) is 4.99 Å². The van der Waals surface area contributed by atoms with Gasteiger partial charge in [0.1, 0.15) is 12.4 Å². The summed E-state index contributed by atoms with van der Waals surface area (Å²) in [6.07, 6.45) is 1.51. The third kappa shape index (κ3) is 7.43. The van der Waals surface area contributed by atoms with E-state index in [1.165, 1.54) is 13.2 Å². The van der Waals surface area contributed by atoms with Crippen molar-refractivity contribution in [3.05, 3.63) is 48.4 Å². The Bertz CT molecular complexity index is 895. The predicted molar refractivity (Wildman–Crippen MR) is 134 cm³/mol. The van der Waals surface area contributed by atoms with Crippen molar-refractivity contribution in [1.82, 2.24) is 15.1 Å². The molecule has 1 aliphatic rings. The average Bonchev–Trinajstić information content (AvgIpc) is 3.30. The number of benzene rings is 1. The highest BCUT2D eigenvalue weighted by Gasteiger charge is 2.25. The third-order valence-electron chi connectivity index (χ3n) is 4.71. The minimum Gasteiger partial charge on any atom is -0.492 e. The monoisotopic (exact) mass is 555 g/mol. The first-order valence-electron chi connectivity index (χ1n) is 10.4. The zero-order chi connectivity index (χ0) is 22.1. The molecule has 1 saturated heterocycles. The third-order valence-corrected chi connectivity index (χ3v) is 4.71. The number of rotatable bonds is 7. The molecule has 1 aromatic heterocycles. The summed E-state index contributed by atoms with van der Waals surface area (Å²) in [4.78, 5) is 32.2. The number of piperazine rings is 1. The van der Waals surface area contributed by atoms with E-state index < -0.39 is 0 Å². The molecule has 10 heteroatoms. The van der Waals surface area contributed by atoms with Crippen LogP contribution in [0.4, 0.5) is 5.69 Å². The van der Waals surface area contributed by atoms with E-state index in [4.69, 9.17) is 9.15 Å². The van der Waals surface area contributed by atoms with Gasteiger partial charge in [-0.15, -0.1) is 24.0 Å². The van der Waals surface area contributed by atoms with E-state index in [2.05, 4.69) is 20.5 Å². The van der Waals surface area contributed by atoms with Crippen LogP contribution in [0.1, 0.15) is 24.4 Å². The number of ether oxygens (including phenoxy) is 1. The molecule has 3 rings (SSSR count). The van der Waals surface area contributed by atoms with Crippen LogP contribution in [0.5, 0.6) is 5.75 Å². The molecule has 0 unspecified atom stereocenters. The SMILES string of the molecule is CCNC(=NCCOc1cccc(NC(C)=O)c1)N1CCN(C(=O)c2ccco2)CC1.I. The van der Waals surface area contributed by atoms with Crippen LogP contribution >= 0.6 is 24.0 Å². The second-order valence-electron chi connectivity index (χ2n) is 7.05. The number of guanidine groups is 1. The van der Waals surface area contributed by atoms with Gasteiger partial charge in [0.25, 0.3) is 5.91 Å². The van der Waals surface area contributed by atoms with Crippen molar-refractivity contribution in [2.45, 2.75) is 13.8 Å². The van der Waals surface area contributed by atoms with Gasteiger partial charge in [-0.3, -0.25) is 9.59 Å². The second-order valence-corrected chi connectivity index (χ2v) is 7.05. The van der Waals surface area contributed by atoms with Crippen LogP contribution in [0.15, 0.2) is 52.1 Å². The quantitative estimate of drug-likeness (QED) is 0.236. The summed E-state index contributed by atoms with van der Waals surface area (Å²) < 4.78 is 11.0. The molecule has 0 spiro atoms. The number of carbonyl (C=O) groups excluding carboxylic acids is 2. The number of furan rings is 1. The highest BCUT2D eigenvalue weighted by Crippen LogP contribution is 2.17. The minimum absolute atomic E-state index is 0. The van der Waals surface area contributed by atoms with E-state index in [0.717, 1.165) is 12.5 Å². The van der Waals surface area contributed by atoms with Gasteiger partial charge in [-0.1, -0.05) is 6.07 Å². The Morgan fingerprint density at radius 3 is 2.53 bits per heavy atom. The molecule has 2 N–H and O–H groups in total. The van der Waals surface area contributed by atoms with Gasteiger partial charge in [0, 0.05) is 51.4 Å². The molecular weight excluding hydrogens is 525 g/mol. The first kappa shape index (κ1) is 25.5. The highest BCUT2D eigenvalue weighted by atomic mass is 127. The van der Waals surface area contributed by atoms with Gasteiger partial charge in [-0.2, -0.15) is 0 Å². The van der Waals surface area contributed by atoms with E-state index in [1.54, 1.807) is 23.1 Å². The summed E-state index contributed by atoms with van der Waals surface area (Å²) >= 11 is 0. The summed E-state index contributed by atoms with van der Waals surface area (Å²) in [6, 6.07) is 10.7. The van der Waals surface area contributed by atoms with Crippen LogP contribution in [0.3, 0.4) is 0 Å². The molecule has 0 aliphatic carbocycles. The van der Waals surface area contributed by atoms with E-state index in [-0.39, 0.29) is 35.8 Å². The Morgan fingerprint density at radius 1 is 1.12 bits per heavy atom. The maximum atomic E-state index is 12.4. The van der Waals surface area contributed by atoms with Crippen molar-refractivity contribution in [2.24, 2.45) is 4.99 Å². The largest absolute Gasteiger partial charge is 0.492 e. The number of hydrogen-bond donors (Lipinski definition) is 2. The Kier molecular flexibility index (Phi) is 10.3. The lowest BCUT2D eigenvalue weighted by Gasteiger charge is -2.36. The van der Waals surface area contributed by atoms with Gasteiger partial charge in [0.05, 0.1) is 12.8 Å². The number of hydrogen-bond acceptors (Lipinski definition) is 5. The van der Waals surface area contributed by atoms with Gasteiger partial charge in [-0.05, 0) is 31.2 Å². The molecule has 32 heavy (non-hydrogen) atoms. The van der Waals surface area contributed by atoms with Gasteiger partial charge >= 0.3 is 0 Å². The number of nitrogens with one attached hydrogen (secondary N) is 2. The lowest BCUT2D eigenvalue weighted by atomic mass is 10.3. The van der Waals surface area contributed by atoms with Crippen molar-refractivity contribution in [1.29, 1.82) is 0 Å². The molecule has 1 fully saturated rings. The van der Waals surface area contributed by atoms with Crippen LogP contribution in [0.2, 0.25) is 0 Å². The number of amides is 2. The number of carbonyl (C=O) groups is 2. The molecule has 0 bridgehead atoms. The van der Waals surface area contributed by atoms with Crippen molar-refractivity contribution in [3.63, 3.8) is 0 Å². The Labute approximate surface area is 205 Å². The summed E-state index contributed by atoms with van der Waals surface area (Å²) in [5.74, 6) is 1.65. The number of halogens is 1. The molecule has 1 aliphatic heterocycles. The number of anilines is 1. The van der Waals surface area contributed by atoms with E-state index in [9.17, 15) is 9.59 Å². The Hall–Kier alpha value is -2.76. The fourth-order valence-electron chi connectivity index (χ4n) is 3.29. The lowest BCUT2D eigenvalue weighted by molar-refractivity contribution is -0.114. The summed E-state index contributed by atoms with van der Waals surface area (Å²) in [6.45, 7) is 7.74. The normalized spacial score (nSPS) is 13.9. The predicted octanol–water partition coefficient (Wildman–Crippen LogP) is 2.66. The molecule has 0 atom stereocenters. The van der Waals surface area contributed by atoms with Gasteiger partial charge in [0.2, 0.25) is 5.91 Å². The van der Waals surface area contributed by atoms with E-state index in [0.29, 0.717) is 56.5 Å². The minimum atomic E-state index is -0.122. The maximum Gasteiger partial charge on any atom is 0.289 e. The maximum absolute atomic E-state index is 12.4. The lowest BCUT2D eigenvalue weighted by Crippen LogP contribution is -2.53. The molecule has 2 amide bonds. The van der Waals surface area contributed by atoms with Crippen LogP contribution < -0.4 is 15.4 Å². The molecule has 9 nitrogen and oxygen atoms in total. The van der Waals surface area contributed by atoms with Crippen LogP contribution in [0.25, 0.3) is 0 Å². The number of aliphatic imine (C=N–C) groups is 1. The molecule has 2 heterocycles. The molecule has 0 radical (unpaired) electrons. The van der Waals surface area contributed by atoms with Crippen molar-refractivity contribution < 1.29 is 18.7 Å². The molecule has 1 aromatic carbocycles. The fourth-order valence-corrected chi connectivity index (χ4v) is 3.29. The fraction of sp³-hybridized carbons (Fsp3) is 0.409. The molecular formula is C22H30IN5O4. The first-order chi connectivity index (χ1) is 15.1. The summed E-state index contributed by atoms with van der Waals surface area (Å²) in [5.41, 5.74) is 0.698. The first-order valence-corrected chi connectivity index (χ1v) is 10.4. The van der Waals surface area contributed by atoms with Gasteiger partial charge in [0.15, 0.2) is 11.7 Å². The smallest absolute Gasteiger partial charge is 0.289 e. The van der Waals surface area contributed by atoms with Crippen molar-refractivity contribution in [3.8, 4) is 5.75 Å². The topological polar surface area (TPSA) is 99.4 Å². The average molecular weight is 555 g/mol. The summed E-state index contributed by atoms with van der Waals surface area (Å²) in [5, 5.41) is 6.04. The zero-order valence-electron chi connectivity index (χ0n) is 18.4. The second kappa shape index (κ2) is 12.9. The van der Waals surface area contributed by atoms with Gasteiger partial charge < -0.3 is 29.6 Å². The van der Waals surface area contributed by atoms with E-state index >= 15 is 0 Å². The highest BCUT2D eigenvalue weighted by molar-refractivity contribution is 14.0. The van der Waals surface area contributed by atoms with Crippen LogP contribution in [-0.2, 0) is 4.79 Å². The molecule has 0 saturated carbocycles. The standard InChI is InChI=1S/C22H29N5O4.HI/c1-3-23-22(24-9-15-30-19-7-4-6-18(16-19)25-17(2)28)27-12-10-26(11-13-27)21(29)20-8-5-14-31-20;/h4-8,14,16H,3,9-13,15H2,1-2H3,(H,23,24)(H,25,28);1H. The van der Waals surface area contributed by atoms with Crippen LogP contribution in [0, 0.1) is 0 Å². The van der Waals surface area contributed by atoms with Crippen LogP contribution in [-0.4, -0.2) is 73.4 Å². The molecule has 2 aromatic rings. The van der Waals surface area contributed by atoms with Crippen molar-refractivity contribution >= 4 is 47.4 Å². The molecule has 174 valence electrons. The van der Waals surface area contributed by atoms with Crippen molar-refractivity contribution in [2.75, 3.05) is 51.2 Å². The Morgan fingerprint density at radius 2 is 1.88 bits per heavy atom. The number of nitrogens with zero attached hydrogens (tertiary/aromatic N) is 3.